The Bertz CT molecular complexity index is 462. The molecule has 2 heterocycles. The molecule has 0 saturated carbocycles. The molecule has 0 aromatic carbocycles. The number of hydrogen-bond donors (Lipinski definition) is 4. The van der Waals surface area contributed by atoms with Crippen LogP contribution >= 0.6 is 0 Å². The SMILES string of the molecule is C(OCC1CO1)C1CO1.C=CC(=O)O.C=CC(=O)O.C=CC(=O)O.C=CC(=O)O. The van der Waals surface area contributed by atoms with Gasteiger partial charge in [-0.3, -0.25) is 0 Å². The summed E-state index contributed by atoms with van der Waals surface area (Å²) in [7, 11) is 0. The monoisotopic (exact) mass is 418 g/mol. The number of epoxide rings is 2. The van der Waals surface area contributed by atoms with E-state index in [9.17, 15) is 19.2 Å². The number of carbonyl (C=O) groups is 4. The molecule has 0 spiro atoms. The first-order chi connectivity index (χ1) is 13.5. The van der Waals surface area contributed by atoms with E-state index >= 15 is 0 Å². The van der Waals surface area contributed by atoms with Crippen LogP contribution < -0.4 is 0 Å². The third kappa shape index (κ3) is 45.6. The molecule has 2 unspecified atom stereocenters. The summed E-state index contributed by atoms with van der Waals surface area (Å²) < 4.78 is 15.1. The van der Waals surface area contributed by atoms with Gasteiger partial charge in [0.25, 0.3) is 0 Å². The van der Waals surface area contributed by atoms with Gasteiger partial charge < -0.3 is 34.6 Å². The summed E-state index contributed by atoms with van der Waals surface area (Å²) in [5.41, 5.74) is 0. The third-order valence-electron chi connectivity index (χ3n) is 2.11. The maximum Gasteiger partial charge on any atom is 0.327 e. The van der Waals surface area contributed by atoms with Gasteiger partial charge in [-0.15, -0.1) is 0 Å². The lowest BCUT2D eigenvalue weighted by atomic mass is 10.5. The second-order valence-corrected chi connectivity index (χ2v) is 4.62. The van der Waals surface area contributed by atoms with Gasteiger partial charge in [0.15, 0.2) is 0 Å². The van der Waals surface area contributed by atoms with Crippen LogP contribution in [0.4, 0.5) is 0 Å². The summed E-state index contributed by atoms with van der Waals surface area (Å²) in [6.45, 7) is 15.1. The van der Waals surface area contributed by atoms with Gasteiger partial charge in [-0.25, -0.2) is 19.2 Å². The minimum Gasteiger partial charge on any atom is -0.478 e. The first-order valence-corrected chi connectivity index (χ1v) is 7.76. The number of hydrogen-bond acceptors (Lipinski definition) is 7. The Morgan fingerprint density at radius 1 is 0.690 bits per heavy atom. The number of carboxylic acid groups (broad SMARTS) is 4. The molecule has 0 bridgehead atoms. The largest absolute Gasteiger partial charge is 0.478 e. The van der Waals surface area contributed by atoms with E-state index in [-0.39, 0.29) is 0 Å². The molecule has 0 amide bonds. The smallest absolute Gasteiger partial charge is 0.327 e. The standard InChI is InChI=1S/C6H10O3.4C3H4O2/c1(5-3-8-5)7-2-6-4-9-6;4*1-2-3(4)5/h5-6H,1-4H2;4*2H,1H2,(H,4,5). The molecule has 2 fully saturated rings. The quantitative estimate of drug-likeness (QED) is 0.323. The van der Waals surface area contributed by atoms with Crippen LogP contribution in [0.15, 0.2) is 50.6 Å². The minimum atomic E-state index is -0.981. The van der Waals surface area contributed by atoms with Crippen molar-refractivity contribution in [3.8, 4) is 0 Å². The maximum atomic E-state index is 9.25. The first-order valence-electron chi connectivity index (χ1n) is 7.76. The second kappa shape index (κ2) is 21.0. The molecular formula is C18H26O11. The summed E-state index contributed by atoms with van der Waals surface area (Å²) in [6.07, 6.45) is 4.12. The van der Waals surface area contributed by atoms with E-state index in [0.29, 0.717) is 12.2 Å². The molecule has 4 N–H and O–H groups in total. The Kier molecular flexibility index (Phi) is 22.1. The van der Waals surface area contributed by atoms with E-state index in [0.717, 1.165) is 50.7 Å². The normalized spacial score (nSPS) is 16.4. The summed E-state index contributed by atoms with van der Waals surface area (Å²) in [5.74, 6) is -3.93. The first kappa shape index (κ1) is 30.4. The van der Waals surface area contributed by atoms with Crippen molar-refractivity contribution in [3.05, 3.63) is 50.6 Å². The average molecular weight is 418 g/mol. The molecule has 29 heavy (non-hydrogen) atoms. The van der Waals surface area contributed by atoms with Gasteiger partial charge in [0.05, 0.1) is 26.4 Å². The number of aliphatic carboxylic acids is 4. The van der Waals surface area contributed by atoms with E-state index in [2.05, 4.69) is 26.3 Å². The van der Waals surface area contributed by atoms with E-state index in [4.69, 9.17) is 34.6 Å². The molecule has 11 nitrogen and oxygen atoms in total. The van der Waals surface area contributed by atoms with Crippen LogP contribution in [-0.2, 0) is 33.4 Å². The van der Waals surface area contributed by atoms with E-state index in [1.165, 1.54) is 0 Å². The van der Waals surface area contributed by atoms with Crippen molar-refractivity contribution in [2.45, 2.75) is 12.2 Å². The predicted molar refractivity (Wildman–Crippen MR) is 102 cm³/mol. The lowest BCUT2D eigenvalue weighted by Crippen LogP contribution is -2.06. The third-order valence-corrected chi connectivity index (χ3v) is 2.11. The van der Waals surface area contributed by atoms with Crippen molar-refractivity contribution < 1.29 is 53.8 Å². The van der Waals surface area contributed by atoms with Crippen LogP contribution in [0.2, 0.25) is 0 Å². The lowest BCUT2D eigenvalue weighted by molar-refractivity contribution is -0.132. The molecule has 0 aromatic rings. The molecule has 2 rings (SSSR count). The van der Waals surface area contributed by atoms with E-state index in [1.54, 1.807) is 0 Å². The molecule has 0 aliphatic carbocycles. The molecular weight excluding hydrogens is 392 g/mol. The fourth-order valence-electron chi connectivity index (χ4n) is 0.659. The summed E-state index contributed by atoms with van der Waals surface area (Å²) in [6, 6.07) is 0. The number of carboxylic acids is 4. The van der Waals surface area contributed by atoms with Gasteiger partial charge in [-0.05, 0) is 0 Å². The molecule has 2 saturated heterocycles. The van der Waals surface area contributed by atoms with E-state index in [1.807, 2.05) is 0 Å². The molecule has 2 aliphatic heterocycles. The molecule has 11 heteroatoms. The lowest BCUT2D eigenvalue weighted by Gasteiger charge is -1.95. The number of rotatable bonds is 8. The van der Waals surface area contributed by atoms with Crippen molar-refractivity contribution in [1.29, 1.82) is 0 Å². The molecule has 164 valence electrons. The van der Waals surface area contributed by atoms with Crippen LogP contribution in [0.5, 0.6) is 0 Å². The van der Waals surface area contributed by atoms with Crippen LogP contribution in [0, 0.1) is 0 Å². The fourth-order valence-corrected chi connectivity index (χ4v) is 0.659. The van der Waals surface area contributed by atoms with Gasteiger partial charge in [0.2, 0.25) is 0 Å². The zero-order chi connectivity index (χ0) is 23.2. The highest BCUT2D eigenvalue weighted by Crippen LogP contribution is 2.12. The molecule has 0 aromatic heterocycles. The van der Waals surface area contributed by atoms with E-state index < -0.39 is 23.9 Å². The van der Waals surface area contributed by atoms with Gasteiger partial charge in [-0.1, -0.05) is 26.3 Å². The van der Waals surface area contributed by atoms with Gasteiger partial charge in [0, 0.05) is 24.3 Å². The zero-order valence-electron chi connectivity index (χ0n) is 15.8. The fraction of sp³-hybridized carbons (Fsp3) is 0.333. The summed E-state index contributed by atoms with van der Waals surface area (Å²) in [5, 5.41) is 30.4. The van der Waals surface area contributed by atoms with Gasteiger partial charge in [0.1, 0.15) is 12.2 Å². The van der Waals surface area contributed by atoms with Crippen LogP contribution in [0.3, 0.4) is 0 Å². The second-order valence-electron chi connectivity index (χ2n) is 4.62. The highest BCUT2D eigenvalue weighted by Gasteiger charge is 2.26. The van der Waals surface area contributed by atoms with Crippen LogP contribution in [0.1, 0.15) is 0 Å². The zero-order valence-corrected chi connectivity index (χ0v) is 15.8. The van der Waals surface area contributed by atoms with Gasteiger partial charge >= 0.3 is 23.9 Å². The number of ether oxygens (including phenoxy) is 3. The topological polar surface area (TPSA) is 183 Å². The van der Waals surface area contributed by atoms with Crippen molar-refractivity contribution in [3.63, 3.8) is 0 Å². The Labute approximate surface area is 167 Å². The summed E-state index contributed by atoms with van der Waals surface area (Å²) >= 11 is 0. The Morgan fingerprint density at radius 3 is 0.966 bits per heavy atom. The van der Waals surface area contributed by atoms with Crippen molar-refractivity contribution >= 4 is 23.9 Å². The average Bonchev–Trinajstić information content (AvgIpc) is 3.59. The van der Waals surface area contributed by atoms with Crippen molar-refractivity contribution in [1.82, 2.24) is 0 Å². The minimum absolute atomic E-state index is 0.392. The summed E-state index contributed by atoms with van der Waals surface area (Å²) in [4.78, 5) is 37.0. The van der Waals surface area contributed by atoms with Crippen molar-refractivity contribution in [2.24, 2.45) is 0 Å². The Balaban J connectivity index is -0.000000303. The predicted octanol–water partition coefficient (Wildman–Crippen LogP) is 0.829. The Hall–Kier alpha value is -3.28. The highest BCUT2D eigenvalue weighted by molar-refractivity contribution is 5.79. The molecule has 2 aliphatic rings. The van der Waals surface area contributed by atoms with Crippen molar-refractivity contribution in [2.75, 3.05) is 26.4 Å². The maximum absolute atomic E-state index is 9.25. The van der Waals surface area contributed by atoms with Crippen LogP contribution in [-0.4, -0.2) is 82.9 Å². The molecule has 2 atom stereocenters. The molecule has 0 radical (unpaired) electrons. The van der Waals surface area contributed by atoms with Crippen LogP contribution in [0.25, 0.3) is 0 Å². The Morgan fingerprint density at radius 2 is 0.862 bits per heavy atom. The van der Waals surface area contributed by atoms with Gasteiger partial charge in [-0.2, -0.15) is 0 Å². The highest BCUT2D eigenvalue weighted by atomic mass is 16.6.